The molecule has 0 bridgehead atoms. The Balaban J connectivity index is 2.00. The number of nitrogens with zero attached hydrogens (tertiary/aromatic N) is 3. The van der Waals surface area contributed by atoms with Crippen LogP contribution in [0.25, 0.3) is 38.0 Å². The summed E-state index contributed by atoms with van der Waals surface area (Å²) in [5, 5.41) is 4.74. The minimum atomic E-state index is -0.268. The highest BCUT2D eigenvalue weighted by atomic mass is 16.2. The van der Waals surface area contributed by atoms with Gasteiger partial charge >= 0.3 is 5.69 Å². The zero-order chi connectivity index (χ0) is 18.7. The maximum absolute atomic E-state index is 13.3. The van der Waals surface area contributed by atoms with Gasteiger partial charge in [-0.1, -0.05) is 36.4 Å². The number of likely N-dealkylation sites (N-methyl/N-ethyl adjacent to an activating group) is 1. The van der Waals surface area contributed by atoms with Crippen LogP contribution in [0.3, 0.4) is 0 Å². The minimum absolute atomic E-state index is 0.215. The molecule has 0 saturated carbocycles. The molecular formula is C22H19N3O2. The first-order valence-corrected chi connectivity index (χ1v) is 9.03. The van der Waals surface area contributed by atoms with Crippen molar-refractivity contribution in [3.63, 3.8) is 0 Å². The van der Waals surface area contributed by atoms with Crippen LogP contribution >= 0.6 is 0 Å². The number of fused-ring (bicyclic) bond motifs is 4. The Kier molecular flexibility index (Phi) is 3.36. The molecule has 0 spiro atoms. The number of hydrogen-bond donors (Lipinski definition) is 0. The van der Waals surface area contributed by atoms with Gasteiger partial charge in [-0.2, -0.15) is 0 Å². The van der Waals surface area contributed by atoms with E-state index in [4.69, 9.17) is 0 Å². The zero-order valence-corrected chi connectivity index (χ0v) is 15.3. The second-order valence-electron chi connectivity index (χ2n) is 7.30. The van der Waals surface area contributed by atoms with E-state index in [1.165, 1.54) is 4.57 Å². The standard InChI is InChI=1S/C22H19N3O2/c1-23(2)10-11-24-21(26)17-9-5-8-16-18-12-14-6-3-4-7-15(14)13-19(18)25(20(16)17)22(24)27/h3-9,12-13H,10-11H2,1-2H3. The first kappa shape index (κ1) is 16.0. The highest BCUT2D eigenvalue weighted by molar-refractivity contribution is 6.16. The van der Waals surface area contributed by atoms with Crippen LogP contribution in [0.4, 0.5) is 0 Å². The number of aromatic nitrogens is 2. The smallest absolute Gasteiger partial charge is 0.308 e. The summed E-state index contributed by atoms with van der Waals surface area (Å²) in [6, 6.07) is 18.0. The Morgan fingerprint density at radius 3 is 2.30 bits per heavy atom. The molecule has 0 unspecified atom stereocenters. The van der Waals surface area contributed by atoms with Gasteiger partial charge in [0.15, 0.2) is 0 Å². The zero-order valence-electron chi connectivity index (χ0n) is 15.3. The van der Waals surface area contributed by atoms with Crippen molar-refractivity contribution >= 4 is 38.0 Å². The third-order valence-corrected chi connectivity index (χ3v) is 5.32. The van der Waals surface area contributed by atoms with Crippen LogP contribution in [0, 0.1) is 0 Å². The van der Waals surface area contributed by atoms with Crippen molar-refractivity contribution in [3.8, 4) is 0 Å². The predicted molar refractivity (Wildman–Crippen MR) is 110 cm³/mol. The molecule has 0 fully saturated rings. The van der Waals surface area contributed by atoms with Crippen molar-refractivity contribution < 1.29 is 0 Å². The number of hydrogen-bond acceptors (Lipinski definition) is 3. The van der Waals surface area contributed by atoms with E-state index < -0.39 is 0 Å². The maximum atomic E-state index is 13.3. The van der Waals surface area contributed by atoms with Crippen LogP contribution in [0.15, 0.2) is 64.2 Å². The van der Waals surface area contributed by atoms with Crippen molar-refractivity contribution in [2.75, 3.05) is 20.6 Å². The fourth-order valence-electron chi connectivity index (χ4n) is 3.97. The molecule has 134 valence electrons. The molecule has 5 heteroatoms. The van der Waals surface area contributed by atoms with Gasteiger partial charge in [-0.15, -0.1) is 0 Å². The molecule has 5 rings (SSSR count). The second kappa shape index (κ2) is 5.66. The summed E-state index contributed by atoms with van der Waals surface area (Å²) >= 11 is 0. The molecule has 0 amide bonds. The van der Waals surface area contributed by atoms with E-state index in [0.29, 0.717) is 18.5 Å². The maximum Gasteiger partial charge on any atom is 0.336 e. The van der Waals surface area contributed by atoms with Crippen LogP contribution in [-0.4, -0.2) is 34.5 Å². The Labute approximate surface area is 155 Å². The predicted octanol–water partition coefficient (Wildman–Crippen LogP) is 2.92. The van der Waals surface area contributed by atoms with Gasteiger partial charge in [0.05, 0.1) is 16.4 Å². The molecule has 2 heterocycles. The van der Waals surface area contributed by atoms with Crippen molar-refractivity contribution in [2.24, 2.45) is 0 Å². The van der Waals surface area contributed by atoms with Crippen molar-refractivity contribution in [2.45, 2.75) is 6.54 Å². The Morgan fingerprint density at radius 1 is 0.852 bits per heavy atom. The Hall–Kier alpha value is -3.18. The van der Waals surface area contributed by atoms with Crippen molar-refractivity contribution in [1.82, 2.24) is 13.9 Å². The Bertz CT molecular complexity index is 1440. The van der Waals surface area contributed by atoms with E-state index in [1.807, 2.05) is 61.5 Å². The number of benzene rings is 3. The third-order valence-electron chi connectivity index (χ3n) is 5.32. The quantitative estimate of drug-likeness (QED) is 0.499. The molecule has 5 aromatic rings. The van der Waals surface area contributed by atoms with Gasteiger partial charge < -0.3 is 4.90 Å². The molecule has 0 atom stereocenters. The SMILES string of the molecule is CN(C)CCn1c(=O)c2cccc3c4cc5ccccc5cc4n(c1=O)c23. The van der Waals surface area contributed by atoms with E-state index in [1.54, 1.807) is 4.40 Å². The van der Waals surface area contributed by atoms with E-state index in [9.17, 15) is 9.59 Å². The van der Waals surface area contributed by atoms with Crippen LogP contribution in [-0.2, 0) is 6.54 Å². The first-order chi connectivity index (χ1) is 13.1. The summed E-state index contributed by atoms with van der Waals surface area (Å²) < 4.78 is 3.07. The van der Waals surface area contributed by atoms with Gasteiger partial charge in [0.2, 0.25) is 0 Å². The number of para-hydroxylation sites is 1. The van der Waals surface area contributed by atoms with Crippen LogP contribution in [0.5, 0.6) is 0 Å². The normalized spacial score (nSPS) is 12.3. The summed E-state index contributed by atoms with van der Waals surface area (Å²) in [4.78, 5) is 28.3. The van der Waals surface area contributed by atoms with Gasteiger partial charge in [-0.05, 0) is 43.1 Å². The number of rotatable bonds is 3. The van der Waals surface area contributed by atoms with E-state index in [0.717, 1.165) is 32.6 Å². The molecule has 0 aliphatic rings. The average molecular weight is 357 g/mol. The molecule has 0 saturated heterocycles. The fraction of sp³-hybridized carbons (Fsp3) is 0.182. The molecule has 0 N–H and O–H groups in total. The van der Waals surface area contributed by atoms with Crippen molar-refractivity contribution in [3.05, 3.63) is 75.4 Å². The lowest BCUT2D eigenvalue weighted by molar-refractivity contribution is 0.376. The Morgan fingerprint density at radius 2 is 1.56 bits per heavy atom. The summed E-state index contributed by atoms with van der Waals surface area (Å²) in [6.07, 6.45) is 0. The molecular weight excluding hydrogens is 338 g/mol. The van der Waals surface area contributed by atoms with Crippen molar-refractivity contribution in [1.29, 1.82) is 0 Å². The lowest BCUT2D eigenvalue weighted by Crippen LogP contribution is -2.39. The minimum Gasteiger partial charge on any atom is -0.308 e. The summed E-state index contributed by atoms with van der Waals surface area (Å²) in [5.74, 6) is 0. The van der Waals surface area contributed by atoms with Gasteiger partial charge in [-0.25, -0.2) is 4.79 Å². The third kappa shape index (κ3) is 2.22. The second-order valence-corrected chi connectivity index (χ2v) is 7.30. The molecule has 0 radical (unpaired) electrons. The topological polar surface area (TPSA) is 46.7 Å². The first-order valence-electron chi connectivity index (χ1n) is 9.03. The van der Waals surface area contributed by atoms with Gasteiger partial charge in [0.1, 0.15) is 0 Å². The monoisotopic (exact) mass is 357 g/mol. The molecule has 0 aliphatic heterocycles. The van der Waals surface area contributed by atoms with Gasteiger partial charge in [-0.3, -0.25) is 13.8 Å². The summed E-state index contributed by atoms with van der Waals surface area (Å²) in [7, 11) is 3.87. The highest BCUT2D eigenvalue weighted by Crippen LogP contribution is 2.32. The summed E-state index contributed by atoms with van der Waals surface area (Å²) in [6.45, 7) is 0.999. The summed E-state index contributed by atoms with van der Waals surface area (Å²) in [5.41, 5.74) is 1.09. The fourth-order valence-corrected chi connectivity index (χ4v) is 3.97. The highest BCUT2D eigenvalue weighted by Gasteiger charge is 2.18. The molecule has 27 heavy (non-hydrogen) atoms. The molecule has 3 aromatic carbocycles. The van der Waals surface area contributed by atoms with Crippen LogP contribution in [0.2, 0.25) is 0 Å². The van der Waals surface area contributed by atoms with Crippen LogP contribution in [0.1, 0.15) is 0 Å². The van der Waals surface area contributed by atoms with E-state index in [2.05, 4.69) is 12.1 Å². The van der Waals surface area contributed by atoms with Crippen LogP contribution < -0.4 is 11.2 Å². The molecule has 0 aliphatic carbocycles. The lowest BCUT2D eigenvalue weighted by atomic mass is 10.1. The largest absolute Gasteiger partial charge is 0.336 e. The van der Waals surface area contributed by atoms with E-state index in [-0.39, 0.29) is 11.2 Å². The van der Waals surface area contributed by atoms with Gasteiger partial charge in [0, 0.05) is 23.9 Å². The molecule has 5 nitrogen and oxygen atoms in total. The average Bonchev–Trinajstić information content (AvgIpc) is 2.98. The lowest BCUT2D eigenvalue weighted by Gasteiger charge is -2.12. The van der Waals surface area contributed by atoms with E-state index >= 15 is 0 Å². The van der Waals surface area contributed by atoms with Gasteiger partial charge in [0.25, 0.3) is 5.56 Å². The molecule has 2 aromatic heterocycles.